The second-order valence-corrected chi connectivity index (χ2v) is 6.99. The van der Waals surface area contributed by atoms with Gasteiger partial charge < -0.3 is 10.2 Å². The maximum Gasteiger partial charge on any atom is 0.323 e. The van der Waals surface area contributed by atoms with Gasteiger partial charge in [0.25, 0.3) is 0 Å². The number of rotatable bonds is 6. The van der Waals surface area contributed by atoms with E-state index in [0.29, 0.717) is 11.2 Å². The van der Waals surface area contributed by atoms with Crippen molar-refractivity contribution >= 4 is 28.1 Å². The third kappa shape index (κ3) is 3.23. The number of nitro benzene ring substituents is 1. The molecule has 1 aromatic carbocycles. The normalized spacial score (nSPS) is 17.5. The summed E-state index contributed by atoms with van der Waals surface area (Å²) in [5.74, 6) is 0. The minimum atomic E-state index is -0.378. The fourth-order valence-corrected chi connectivity index (χ4v) is 3.92. The highest BCUT2D eigenvalue weighted by atomic mass is 16.6. The first-order valence-electron chi connectivity index (χ1n) is 9.34. The average Bonchev–Trinajstić information content (AvgIpc) is 3.33. The quantitative estimate of drug-likeness (QED) is 0.473. The molecule has 1 aliphatic heterocycles. The van der Waals surface area contributed by atoms with Crippen LogP contribution in [0.5, 0.6) is 0 Å². The molecule has 0 atom stereocenters. The number of nitrogens with zero attached hydrogens (tertiary/aromatic N) is 4. The van der Waals surface area contributed by atoms with E-state index in [2.05, 4.69) is 26.6 Å². The van der Waals surface area contributed by atoms with Crippen molar-refractivity contribution in [3.05, 3.63) is 27.8 Å². The topological polar surface area (TPSA) is 97.3 Å². The van der Waals surface area contributed by atoms with Crippen molar-refractivity contribution in [2.24, 2.45) is 0 Å². The number of benzene rings is 1. The van der Waals surface area contributed by atoms with Crippen LogP contribution in [0.25, 0.3) is 11.0 Å². The second-order valence-electron chi connectivity index (χ2n) is 6.99. The Labute approximate surface area is 151 Å². The first-order valence-corrected chi connectivity index (χ1v) is 9.34. The van der Waals surface area contributed by atoms with Gasteiger partial charge in [0.2, 0.25) is 5.52 Å². The minimum Gasteiger partial charge on any atom is -0.383 e. The molecule has 1 saturated heterocycles. The summed E-state index contributed by atoms with van der Waals surface area (Å²) in [5, 5.41) is 22.8. The number of fused-ring (bicyclic) bond motifs is 1. The lowest BCUT2D eigenvalue weighted by Crippen LogP contribution is -2.19. The van der Waals surface area contributed by atoms with Crippen molar-refractivity contribution in [3.8, 4) is 0 Å². The van der Waals surface area contributed by atoms with Crippen LogP contribution in [0.3, 0.4) is 0 Å². The Bertz CT molecular complexity index is 839. The maximum atomic E-state index is 11.7. The summed E-state index contributed by atoms with van der Waals surface area (Å²) >= 11 is 0. The van der Waals surface area contributed by atoms with Crippen molar-refractivity contribution < 1.29 is 9.55 Å². The van der Waals surface area contributed by atoms with Gasteiger partial charge in [0, 0.05) is 19.6 Å². The minimum absolute atomic E-state index is 0.0105. The molecule has 1 N–H and O–H groups in total. The van der Waals surface area contributed by atoms with Crippen LogP contribution < -0.4 is 10.2 Å². The van der Waals surface area contributed by atoms with Crippen molar-refractivity contribution in [1.29, 1.82) is 0 Å². The molecule has 1 aromatic heterocycles. The molecule has 138 valence electrons. The van der Waals surface area contributed by atoms with Crippen molar-refractivity contribution in [3.63, 3.8) is 0 Å². The van der Waals surface area contributed by atoms with Gasteiger partial charge in [-0.1, -0.05) is 11.6 Å². The fraction of sp³-hybridized carbons (Fsp3) is 0.556. The van der Waals surface area contributed by atoms with E-state index in [0.717, 1.165) is 44.6 Å². The van der Waals surface area contributed by atoms with Gasteiger partial charge in [0.15, 0.2) is 5.52 Å². The monoisotopic (exact) mass is 357 g/mol. The molecule has 2 aliphatic rings. The molecule has 8 heteroatoms. The third-order valence-corrected chi connectivity index (χ3v) is 5.27. The summed E-state index contributed by atoms with van der Waals surface area (Å²) in [6.45, 7) is 2.42. The number of aromatic nitrogens is 2. The van der Waals surface area contributed by atoms with Crippen molar-refractivity contribution in [1.82, 2.24) is 10.3 Å². The van der Waals surface area contributed by atoms with Gasteiger partial charge in [0.1, 0.15) is 5.69 Å². The van der Waals surface area contributed by atoms with Gasteiger partial charge >= 0.3 is 5.69 Å². The molecular weight excluding hydrogens is 334 g/mol. The Morgan fingerprint density at radius 1 is 1.19 bits per heavy atom. The van der Waals surface area contributed by atoms with Crippen LogP contribution in [-0.2, 0) is 0 Å². The van der Waals surface area contributed by atoms with E-state index in [9.17, 15) is 10.1 Å². The lowest BCUT2D eigenvalue weighted by molar-refractivity contribution is -0.382. The summed E-state index contributed by atoms with van der Waals surface area (Å²) in [6.07, 6.45) is 10.3. The van der Waals surface area contributed by atoms with E-state index < -0.39 is 0 Å². The number of anilines is 2. The molecule has 0 saturated carbocycles. The van der Waals surface area contributed by atoms with Crippen LogP contribution >= 0.6 is 0 Å². The highest BCUT2D eigenvalue weighted by molar-refractivity contribution is 5.99. The van der Waals surface area contributed by atoms with E-state index in [1.165, 1.54) is 31.3 Å². The number of hydrogen-bond acceptors (Lipinski definition) is 7. The molecule has 0 bridgehead atoms. The molecule has 26 heavy (non-hydrogen) atoms. The number of allylic oxidation sites excluding steroid dienone is 1. The van der Waals surface area contributed by atoms with Gasteiger partial charge in [-0.25, -0.2) is 4.63 Å². The largest absolute Gasteiger partial charge is 0.383 e. The molecule has 1 aliphatic carbocycles. The molecule has 2 aromatic rings. The van der Waals surface area contributed by atoms with Gasteiger partial charge in [-0.05, 0) is 61.3 Å². The van der Waals surface area contributed by atoms with E-state index in [1.54, 1.807) is 0 Å². The van der Waals surface area contributed by atoms with Crippen LogP contribution in [0.4, 0.5) is 17.1 Å². The van der Waals surface area contributed by atoms with Crippen molar-refractivity contribution in [2.45, 2.75) is 44.9 Å². The van der Waals surface area contributed by atoms with Gasteiger partial charge in [0.05, 0.1) is 10.6 Å². The summed E-state index contributed by atoms with van der Waals surface area (Å²) in [5.41, 5.74) is 3.49. The first kappa shape index (κ1) is 16.8. The molecule has 0 unspecified atom stereocenters. The van der Waals surface area contributed by atoms with E-state index in [4.69, 9.17) is 4.63 Å². The zero-order valence-electron chi connectivity index (χ0n) is 14.7. The summed E-state index contributed by atoms with van der Waals surface area (Å²) in [4.78, 5) is 13.3. The molecule has 4 rings (SSSR count). The number of nitrogens with one attached hydrogen (secondary N) is 1. The molecule has 0 spiro atoms. The molecule has 0 amide bonds. The van der Waals surface area contributed by atoms with Crippen LogP contribution in [0, 0.1) is 10.1 Å². The smallest absolute Gasteiger partial charge is 0.323 e. The van der Waals surface area contributed by atoms with Crippen LogP contribution in [-0.4, -0.2) is 34.9 Å². The summed E-state index contributed by atoms with van der Waals surface area (Å²) in [6, 6.07) is 1.84. The highest BCUT2D eigenvalue weighted by Gasteiger charge is 2.29. The fourth-order valence-electron chi connectivity index (χ4n) is 3.92. The standard InChI is InChI=1S/C18H23N5O3/c24-23(25)18-15(22-10-4-5-11-22)12-14(16-17(18)21-26-20-16)19-9-8-13-6-2-1-3-7-13/h6,12,19H,1-5,7-11H2. The number of nitro groups is 1. The van der Waals surface area contributed by atoms with Crippen LogP contribution in [0.2, 0.25) is 0 Å². The molecule has 0 radical (unpaired) electrons. The Hall–Kier alpha value is -2.64. The molecular formula is C18H23N5O3. The summed E-state index contributed by atoms with van der Waals surface area (Å²) < 4.78 is 4.84. The Morgan fingerprint density at radius 3 is 2.73 bits per heavy atom. The van der Waals surface area contributed by atoms with E-state index in [1.807, 2.05) is 6.07 Å². The van der Waals surface area contributed by atoms with Crippen LogP contribution in [0.15, 0.2) is 22.3 Å². The van der Waals surface area contributed by atoms with Crippen molar-refractivity contribution in [2.75, 3.05) is 29.9 Å². The Morgan fingerprint density at radius 2 is 2.00 bits per heavy atom. The number of hydrogen-bond donors (Lipinski definition) is 1. The van der Waals surface area contributed by atoms with Gasteiger partial charge in [-0.2, -0.15) is 0 Å². The zero-order chi connectivity index (χ0) is 17.9. The lowest BCUT2D eigenvalue weighted by Gasteiger charge is -2.19. The maximum absolute atomic E-state index is 11.7. The van der Waals surface area contributed by atoms with Gasteiger partial charge in [-0.15, -0.1) is 0 Å². The highest BCUT2D eigenvalue weighted by Crippen LogP contribution is 2.40. The lowest BCUT2D eigenvalue weighted by atomic mass is 9.97. The van der Waals surface area contributed by atoms with Gasteiger partial charge in [-0.3, -0.25) is 10.1 Å². The van der Waals surface area contributed by atoms with E-state index >= 15 is 0 Å². The predicted octanol–water partition coefficient (Wildman–Crippen LogP) is 4.03. The third-order valence-electron chi connectivity index (χ3n) is 5.27. The van der Waals surface area contributed by atoms with Crippen LogP contribution in [0.1, 0.15) is 44.9 Å². The Kier molecular flexibility index (Phi) is 4.73. The zero-order valence-corrected chi connectivity index (χ0v) is 14.7. The van der Waals surface area contributed by atoms with E-state index in [-0.39, 0.29) is 16.1 Å². The second kappa shape index (κ2) is 7.31. The average molecular weight is 357 g/mol. The predicted molar refractivity (Wildman–Crippen MR) is 99.6 cm³/mol. The first-order chi connectivity index (χ1) is 12.7. The molecule has 2 heterocycles. The SMILES string of the molecule is O=[N+]([O-])c1c(N2CCCC2)cc(NCCC2=CCCCC2)c2nonc12. The molecule has 1 fully saturated rings. The Balaban J connectivity index is 1.63. The molecule has 8 nitrogen and oxygen atoms in total. The summed E-state index contributed by atoms with van der Waals surface area (Å²) in [7, 11) is 0.